The minimum absolute atomic E-state index is 0.0494. The smallest absolute Gasteiger partial charge is 0.410 e. The van der Waals surface area contributed by atoms with Crippen molar-refractivity contribution in [3.63, 3.8) is 0 Å². The first-order chi connectivity index (χ1) is 18.8. The van der Waals surface area contributed by atoms with Gasteiger partial charge in [0.1, 0.15) is 11.4 Å². The van der Waals surface area contributed by atoms with Gasteiger partial charge in [-0.3, -0.25) is 4.79 Å². The molecule has 210 valence electrons. The Labute approximate surface area is 236 Å². The van der Waals surface area contributed by atoms with E-state index in [0.717, 1.165) is 21.9 Å². The monoisotopic (exact) mass is 543 g/mol. The number of halogens is 1. The Kier molecular flexibility index (Phi) is 8.20. The Morgan fingerprint density at radius 2 is 1.80 bits per heavy atom. The molecule has 0 radical (unpaired) electrons. The fourth-order valence-electron chi connectivity index (χ4n) is 5.58. The van der Waals surface area contributed by atoms with Crippen LogP contribution in [0.15, 0.2) is 54.6 Å². The summed E-state index contributed by atoms with van der Waals surface area (Å²) in [5, 5.41) is 11.6. The molecule has 0 saturated carbocycles. The van der Waals surface area contributed by atoms with Gasteiger partial charge in [-0.1, -0.05) is 36.4 Å². The van der Waals surface area contributed by atoms with Gasteiger partial charge in [0.05, 0.1) is 17.7 Å². The fraction of sp³-hybridized carbons (Fsp3) is 0.424. The molecule has 0 spiro atoms. The maximum atomic E-state index is 14.2. The van der Waals surface area contributed by atoms with E-state index in [9.17, 15) is 19.2 Å². The lowest BCUT2D eigenvalue weighted by Gasteiger charge is -2.43. The lowest BCUT2D eigenvalue weighted by atomic mass is 9.69. The number of amides is 2. The largest absolute Gasteiger partial charge is 0.444 e. The number of carbonyl (C=O) groups is 2. The molecule has 3 aromatic rings. The summed E-state index contributed by atoms with van der Waals surface area (Å²) < 4.78 is 19.8. The van der Waals surface area contributed by atoms with Gasteiger partial charge in [-0.2, -0.15) is 5.26 Å². The maximum absolute atomic E-state index is 14.2. The highest BCUT2D eigenvalue weighted by molar-refractivity contribution is 5.88. The molecule has 1 aliphatic rings. The van der Waals surface area contributed by atoms with Crippen molar-refractivity contribution < 1.29 is 18.7 Å². The van der Waals surface area contributed by atoms with Gasteiger partial charge in [-0.05, 0) is 93.1 Å². The fourth-order valence-corrected chi connectivity index (χ4v) is 5.58. The molecule has 2 amide bonds. The summed E-state index contributed by atoms with van der Waals surface area (Å²) in [6, 6.07) is 18.6. The molecule has 0 aromatic heterocycles. The van der Waals surface area contributed by atoms with Crippen LogP contribution in [0, 0.1) is 24.1 Å². The van der Waals surface area contributed by atoms with E-state index in [1.54, 1.807) is 29.8 Å². The molecule has 1 fully saturated rings. The number of nitrogens with zero attached hydrogens (tertiary/aromatic N) is 3. The number of nitriles is 1. The van der Waals surface area contributed by atoms with E-state index < -0.39 is 11.0 Å². The number of benzene rings is 3. The SMILES string of the molecule is Cc1cc(C2(CC(=O)N(C)C(C)c3cc(C#N)cc4ccccc34)CCN(C(=O)OC(C)(C)C)CC2)ccc1F. The zero-order valence-corrected chi connectivity index (χ0v) is 24.3. The van der Waals surface area contributed by atoms with Crippen LogP contribution in [0.1, 0.15) is 75.3 Å². The predicted molar refractivity (Wildman–Crippen MR) is 154 cm³/mol. The van der Waals surface area contributed by atoms with Gasteiger partial charge in [0.15, 0.2) is 0 Å². The molecule has 1 heterocycles. The molecule has 1 atom stereocenters. The van der Waals surface area contributed by atoms with E-state index in [-0.39, 0.29) is 30.3 Å². The zero-order valence-electron chi connectivity index (χ0n) is 24.3. The Bertz CT molecular complexity index is 1460. The molecule has 0 aliphatic carbocycles. The van der Waals surface area contributed by atoms with Crippen LogP contribution in [0.4, 0.5) is 9.18 Å². The Morgan fingerprint density at radius 1 is 1.12 bits per heavy atom. The summed E-state index contributed by atoms with van der Waals surface area (Å²) in [6.45, 7) is 10.1. The summed E-state index contributed by atoms with van der Waals surface area (Å²) in [6.07, 6.45) is 0.963. The maximum Gasteiger partial charge on any atom is 0.410 e. The molecule has 1 aliphatic heterocycles. The molecule has 40 heavy (non-hydrogen) atoms. The number of aryl methyl sites for hydroxylation is 1. The number of carbonyl (C=O) groups excluding carboxylic acids is 2. The standard InChI is InChI=1S/C33H38FN3O3/c1-22-17-26(11-12-29(22)34)33(13-15-37(16-14-33)31(39)40-32(3,4)5)20-30(38)36(6)23(2)28-19-24(21-35)18-25-9-7-8-10-27(25)28/h7-12,17-19,23H,13-16,20H2,1-6H3. The molecule has 7 heteroatoms. The van der Waals surface area contributed by atoms with Crippen LogP contribution in [0.3, 0.4) is 0 Å². The Balaban J connectivity index is 1.62. The number of fused-ring (bicyclic) bond motifs is 1. The number of rotatable bonds is 5. The first kappa shape index (κ1) is 29.1. The van der Waals surface area contributed by atoms with Crippen molar-refractivity contribution in [2.24, 2.45) is 0 Å². The summed E-state index contributed by atoms with van der Waals surface area (Å²) in [7, 11) is 1.79. The summed E-state index contributed by atoms with van der Waals surface area (Å²) >= 11 is 0. The van der Waals surface area contributed by atoms with E-state index in [1.165, 1.54) is 6.07 Å². The van der Waals surface area contributed by atoms with E-state index in [2.05, 4.69) is 6.07 Å². The van der Waals surface area contributed by atoms with Crippen molar-refractivity contribution in [2.75, 3.05) is 20.1 Å². The Morgan fingerprint density at radius 3 is 2.42 bits per heavy atom. The molecule has 3 aromatic carbocycles. The van der Waals surface area contributed by atoms with Gasteiger partial charge in [0.2, 0.25) is 5.91 Å². The highest BCUT2D eigenvalue weighted by atomic mass is 19.1. The number of piperidine rings is 1. The van der Waals surface area contributed by atoms with Crippen molar-refractivity contribution in [3.8, 4) is 6.07 Å². The Hall–Kier alpha value is -3.92. The summed E-state index contributed by atoms with van der Waals surface area (Å²) in [4.78, 5) is 30.1. The average Bonchev–Trinajstić information content (AvgIpc) is 2.92. The molecule has 4 rings (SSSR count). The van der Waals surface area contributed by atoms with E-state index in [0.29, 0.717) is 37.1 Å². The molecule has 1 saturated heterocycles. The molecular weight excluding hydrogens is 505 g/mol. The van der Waals surface area contributed by atoms with Crippen LogP contribution in [-0.2, 0) is 14.9 Å². The highest BCUT2D eigenvalue weighted by Crippen LogP contribution is 2.41. The van der Waals surface area contributed by atoms with Gasteiger partial charge < -0.3 is 14.5 Å². The minimum atomic E-state index is -0.596. The summed E-state index contributed by atoms with van der Waals surface area (Å²) in [5.41, 5.74) is 1.74. The molecule has 0 bridgehead atoms. The number of hydrogen-bond acceptors (Lipinski definition) is 4. The van der Waals surface area contributed by atoms with Crippen LogP contribution >= 0.6 is 0 Å². The van der Waals surface area contributed by atoms with Crippen LogP contribution < -0.4 is 0 Å². The van der Waals surface area contributed by atoms with Crippen molar-refractivity contribution >= 4 is 22.8 Å². The third-order valence-corrected chi connectivity index (χ3v) is 8.08. The molecule has 0 N–H and O–H groups in total. The van der Waals surface area contributed by atoms with Crippen LogP contribution in [0.5, 0.6) is 0 Å². The third kappa shape index (κ3) is 6.12. The second-order valence-corrected chi connectivity index (χ2v) is 12.0. The van der Waals surface area contributed by atoms with Crippen LogP contribution in [0.2, 0.25) is 0 Å². The second-order valence-electron chi connectivity index (χ2n) is 12.0. The van der Waals surface area contributed by atoms with Gasteiger partial charge in [0, 0.05) is 32.0 Å². The van der Waals surface area contributed by atoms with E-state index in [4.69, 9.17) is 4.74 Å². The number of likely N-dealkylation sites (tertiary alicyclic amines) is 1. The molecule has 6 nitrogen and oxygen atoms in total. The van der Waals surface area contributed by atoms with Crippen molar-refractivity contribution in [1.82, 2.24) is 9.80 Å². The van der Waals surface area contributed by atoms with E-state index >= 15 is 0 Å². The zero-order chi connectivity index (χ0) is 29.2. The second kappa shape index (κ2) is 11.3. The summed E-state index contributed by atoms with van der Waals surface area (Å²) in [5.74, 6) is -0.335. The topological polar surface area (TPSA) is 73.6 Å². The van der Waals surface area contributed by atoms with Crippen molar-refractivity contribution in [2.45, 2.75) is 70.9 Å². The van der Waals surface area contributed by atoms with Gasteiger partial charge >= 0.3 is 6.09 Å². The molecular formula is C33H38FN3O3. The first-order valence-electron chi connectivity index (χ1n) is 13.8. The van der Waals surface area contributed by atoms with Crippen LogP contribution in [-0.4, -0.2) is 47.5 Å². The highest BCUT2D eigenvalue weighted by Gasteiger charge is 2.41. The molecule has 1 unspecified atom stereocenters. The minimum Gasteiger partial charge on any atom is -0.444 e. The normalized spacial score (nSPS) is 15.8. The van der Waals surface area contributed by atoms with Gasteiger partial charge in [0.25, 0.3) is 0 Å². The number of ether oxygens (including phenoxy) is 1. The first-order valence-corrected chi connectivity index (χ1v) is 13.8. The quantitative estimate of drug-likeness (QED) is 0.346. The number of hydrogen-bond donors (Lipinski definition) is 0. The van der Waals surface area contributed by atoms with Gasteiger partial charge in [-0.25, -0.2) is 9.18 Å². The lowest BCUT2D eigenvalue weighted by molar-refractivity contribution is -0.133. The lowest BCUT2D eigenvalue weighted by Crippen LogP contribution is -2.48. The van der Waals surface area contributed by atoms with Crippen LogP contribution in [0.25, 0.3) is 10.8 Å². The predicted octanol–water partition coefficient (Wildman–Crippen LogP) is 7.04. The van der Waals surface area contributed by atoms with E-state index in [1.807, 2.05) is 70.2 Å². The van der Waals surface area contributed by atoms with Gasteiger partial charge in [-0.15, -0.1) is 0 Å². The average molecular weight is 544 g/mol. The van der Waals surface area contributed by atoms with Crippen molar-refractivity contribution in [1.29, 1.82) is 5.26 Å². The third-order valence-electron chi connectivity index (χ3n) is 8.08. The van der Waals surface area contributed by atoms with Crippen molar-refractivity contribution in [3.05, 3.63) is 82.7 Å².